The van der Waals surface area contributed by atoms with Gasteiger partial charge in [-0.2, -0.15) is 26.3 Å². The average molecular weight is 364 g/mol. The number of hydrogen-bond donors (Lipinski definition) is 0. The third-order valence-electron chi connectivity index (χ3n) is 3.86. The van der Waals surface area contributed by atoms with Crippen LogP contribution in [0.5, 0.6) is 0 Å². The SMILES string of the molecule is CC(CP(c1ccccc1)c1ccccc1)(C(F)(F)F)C(F)(F)F. The van der Waals surface area contributed by atoms with Gasteiger partial charge in [0.15, 0.2) is 5.41 Å². The molecule has 2 aromatic rings. The summed E-state index contributed by atoms with van der Waals surface area (Å²) >= 11 is 0. The Morgan fingerprint density at radius 3 is 1.29 bits per heavy atom. The van der Waals surface area contributed by atoms with Crippen molar-refractivity contribution < 1.29 is 26.3 Å². The highest BCUT2D eigenvalue weighted by molar-refractivity contribution is 7.73. The molecule has 0 aliphatic rings. The molecule has 0 N–H and O–H groups in total. The maximum Gasteiger partial charge on any atom is 0.403 e. The van der Waals surface area contributed by atoms with E-state index >= 15 is 0 Å². The Morgan fingerprint density at radius 2 is 1.00 bits per heavy atom. The molecule has 7 heteroatoms. The van der Waals surface area contributed by atoms with Crippen LogP contribution in [0.1, 0.15) is 6.92 Å². The van der Waals surface area contributed by atoms with E-state index in [2.05, 4.69) is 0 Å². The van der Waals surface area contributed by atoms with Crippen molar-refractivity contribution >= 4 is 18.5 Å². The van der Waals surface area contributed by atoms with E-state index < -0.39 is 31.9 Å². The standard InChI is InChI=1S/C17H15F6P/c1-15(16(18,19)20,17(21,22)23)12-24(13-8-4-2-5-9-13)14-10-6-3-7-11-14/h2-11H,12H2,1H3. The molecule has 2 rings (SSSR count). The van der Waals surface area contributed by atoms with Gasteiger partial charge in [-0.3, -0.25) is 0 Å². The van der Waals surface area contributed by atoms with E-state index in [0.29, 0.717) is 10.6 Å². The van der Waals surface area contributed by atoms with Crippen molar-refractivity contribution in [3.8, 4) is 0 Å². The molecule has 0 nitrogen and oxygen atoms in total. The summed E-state index contributed by atoms with van der Waals surface area (Å²) < 4.78 is 79.7. The lowest BCUT2D eigenvalue weighted by Crippen LogP contribution is -2.50. The molecule has 0 fully saturated rings. The van der Waals surface area contributed by atoms with Crippen LogP contribution in [0.25, 0.3) is 0 Å². The van der Waals surface area contributed by atoms with Gasteiger partial charge in [0.25, 0.3) is 0 Å². The Morgan fingerprint density at radius 1 is 0.667 bits per heavy atom. The largest absolute Gasteiger partial charge is 0.403 e. The van der Waals surface area contributed by atoms with E-state index in [4.69, 9.17) is 0 Å². The number of rotatable bonds is 4. The van der Waals surface area contributed by atoms with Crippen LogP contribution in [0, 0.1) is 5.41 Å². The molecule has 2 aromatic carbocycles. The molecule has 24 heavy (non-hydrogen) atoms. The zero-order valence-electron chi connectivity index (χ0n) is 12.7. The van der Waals surface area contributed by atoms with E-state index in [9.17, 15) is 26.3 Å². The van der Waals surface area contributed by atoms with Crippen LogP contribution in [0.3, 0.4) is 0 Å². The minimum absolute atomic E-state index is 0.244. The maximum absolute atomic E-state index is 13.3. The van der Waals surface area contributed by atoms with Crippen molar-refractivity contribution in [3.05, 3.63) is 60.7 Å². The fraction of sp³-hybridized carbons (Fsp3) is 0.294. The third-order valence-corrected chi connectivity index (χ3v) is 6.65. The van der Waals surface area contributed by atoms with Crippen molar-refractivity contribution in [1.82, 2.24) is 0 Å². The van der Waals surface area contributed by atoms with Gasteiger partial charge in [0.2, 0.25) is 0 Å². The minimum Gasteiger partial charge on any atom is -0.170 e. The lowest BCUT2D eigenvalue weighted by molar-refractivity contribution is -0.325. The molecule has 0 saturated heterocycles. The number of benzene rings is 2. The Hall–Kier alpha value is -1.55. The normalized spacial score (nSPS) is 13.3. The first-order chi connectivity index (χ1) is 11.1. The first-order valence-corrected chi connectivity index (χ1v) is 8.60. The Labute approximate surface area is 137 Å². The molecule has 0 bridgehead atoms. The van der Waals surface area contributed by atoms with Crippen molar-refractivity contribution in [3.63, 3.8) is 0 Å². The van der Waals surface area contributed by atoms with Crippen LogP contribution in [-0.2, 0) is 0 Å². The topological polar surface area (TPSA) is 0 Å². The van der Waals surface area contributed by atoms with Gasteiger partial charge in [-0.05, 0) is 31.6 Å². The molecule has 0 spiro atoms. The van der Waals surface area contributed by atoms with Crippen LogP contribution >= 0.6 is 7.92 Å². The molecular formula is C17H15F6P. The zero-order valence-corrected chi connectivity index (χ0v) is 13.6. The summed E-state index contributed by atoms with van der Waals surface area (Å²) in [5.41, 5.74) is -3.77. The molecule has 0 aliphatic carbocycles. The second-order valence-electron chi connectivity index (χ2n) is 5.58. The van der Waals surface area contributed by atoms with Crippen LogP contribution in [0.2, 0.25) is 0 Å². The van der Waals surface area contributed by atoms with E-state index in [1.807, 2.05) is 0 Å². The molecule has 130 valence electrons. The van der Waals surface area contributed by atoms with Gasteiger partial charge in [-0.15, -0.1) is 0 Å². The summed E-state index contributed by atoms with van der Waals surface area (Å²) in [5.74, 6) is 0. The Balaban J connectivity index is 2.52. The summed E-state index contributed by atoms with van der Waals surface area (Å²) in [6.07, 6.45) is -11.8. The molecule has 0 saturated carbocycles. The van der Waals surface area contributed by atoms with Crippen LogP contribution in [-0.4, -0.2) is 18.5 Å². The predicted molar refractivity (Wildman–Crippen MR) is 84.2 cm³/mol. The van der Waals surface area contributed by atoms with Crippen LogP contribution in [0.15, 0.2) is 60.7 Å². The lowest BCUT2D eigenvalue weighted by atomic mass is 9.92. The molecule has 0 aliphatic heterocycles. The van der Waals surface area contributed by atoms with Gasteiger partial charge < -0.3 is 0 Å². The van der Waals surface area contributed by atoms with Crippen LogP contribution < -0.4 is 10.6 Å². The molecule has 0 unspecified atom stereocenters. The second-order valence-corrected chi connectivity index (χ2v) is 7.79. The summed E-state index contributed by atoms with van der Waals surface area (Å²) in [4.78, 5) is 0. The molecule has 0 radical (unpaired) electrons. The summed E-state index contributed by atoms with van der Waals surface area (Å²) in [7, 11) is -1.81. The molecular weight excluding hydrogens is 349 g/mol. The van der Waals surface area contributed by atoms with E-state index in [0.717, 1.165) is 0 Å². The van der Waals surface area contributed by atoms with Crippen molar-refractivity contribution in [2.24, 2.45) is 5.41 Å². The first kappa shape index (κ1) is 18.8. The molecule has 0 amide bonds. The van der Waals surface area contributed by atoms with Crippen LogP contribution in [0.4, 0.5) is 26.3 Å². The lowest BCUT2D eigenvalue weighted by Gasteiger charge is -2.37. The summed E-state index contributed by atoms with van der Waals surface area (Å²) in [6, 6.07) is 16.1. The highest BCUT2D eigenvalue weighted by atomic mass is 31.1. The predicted octanol–water partition coefficient (Wildman–Crippen LogP) is 5.25. The first-order valence-electron chi connectivity index (χ1n) is 7.07. The smallest absolute Gasteiger partial charge is 0.170 e. The highest BCUT2D eigenvalue weighted by Crippen LogP contribution is 2.56. The molecule has 0 atom stereocenters. The molecule has 0 heterocycles. The zero-order chi connectivity index (χ0) is 18.0. The van der Waals surface area contributed by atoms with Gasteiger partial charge in [-0.25, -0.2) is 0 Å². The van der Waals surface area contributed by atoms with Crippen molar-refractivity contribution in [1.29, 1.82) is 0 Å². The minimum atomic E-state index is -5.38. The fourth-order valence-electron chi connectivity index (χ4n) is 2.20. The van der Waals surface area contributed by atoms with Gasteiger partial charge in [0.1, 0.15) is 0 Å². The van der Waals surface area contributed by atoms with Gasteiger partial charge in [0.05, 0.1) is 0 Å². The van der Waals surface area contributed by atoms with Gasteiger partial charge in [0, 0.05) is 0 Å². The second kappa shape index (κ2) is 6.75. The average Bonchev–Trinajstić information content (AvgIpc) is 2.52. The Kier molecular flexibility index (Phi) is 5.28. The quantitative estimate of drug-likeness (QED) is 0.514. The monoisotopic (exact) mass is 364 g/mol. The van der Waals surface area contributed by atoms with Crippen molar-refractivity contribution in [2.75, 3.05) is 6.16 Å². The van der Waals surface area contributed by atoms with E-state index in [1.165, 1.54) is 0 Å². The summed E-state index contributed by atoms with van der Waals surface area (Å²) in [5, 5.41) is 0.969. The van der Waals surface area contributed by atoms with Gasteiger partial charge >= 0.3 is 12.4 Å². The summed E-state index contributed by atoms with van der Waals surface area (Å²) in [6.45, 7) is 0.244. The van der Waals surface area contributed by atoms with E-state index in [1.54, 1.807) is 60.7 Å². The number of halogens is 6. The van der Waals surface area contributed by atoms with E-state index in [-0.39, 0.29) is 6.92 Å². The third kappa shape index (κ3) is 3.75. The van der Waals surface area contributed by atoms with Gasteiger partial charge in [-0.1, -0.05) is 60.7 Å². The van der Waals surface area contributed by atoms with Crippen molar-refractivity contribution in [2.45, 2.75) is 19.3 Å². The number of hydrogen-bond acceptors (Lipinski definition) is 0. The highest BCUT2D eigenvalue weighted by Gasteiger charge is 2.67. The maximum atomic E-state index is 13.3. The Bertz CT molecular complexity index is 595. The molecule has 0 aromatic heterocycles. The number of alkyl halides is 6. The fourth-order valence-corrected chi connectivity index (χ4v) is 4.92.